The zero-order valence-electron chi connectivity index (χ0n) is 7.81. The summed E-state index contributed by atoms with van der Waals surface area (Å²) in [5.74, 6) is 0. The maximum absolute atomic E-state index is 2.45. The fraction of sp³-hybridized carbons (Fsp3) is 0.833. The minimum Gasteiger partial charge on any atom is -0.0879 e. The molecule has 3 aliphatic carbocycles. The summed E-state index contributed by atoms with van der Waals surface area (Å²) in [6.45, 7) is 0. The Morgan fingerprint density at radius 2 is 1.17 bits per heavy atom. The quantitative estimate of drug-likeness (QED) is 0.477. The molecule has 0 aromatic rings. The Kier molecular flexibility index (Phi) is 1.29. The van der Waals surface area contributed by atoms with Crippen molar-refractivity contribution in [1.29, 1.82) is 0 Å². The molecule has 66 valence electrons. The lowest BCUT2D eigenvalue weighted by Crippen LogP contribution is -2.53. The summed E-state index contributed by atoms with van der Waals surface area (Å²) in [5.41, 5.74) is 1.61. The Morgan fingerprint density at radius 3 is 1.58 bits per heavy atom. The summed E-state index contributed by atoms with van der Waals surface area (Å²) in [5, 5.41) is 0. The van der Waals surface area contributed by atoms with E-state index in [2.05, 4.69) is 12.2 Å². The summed E-state index contributed by atoms with van der Waals surface area (Å²) in [4.78, 5) is 0. The zero-order chi connectivity index (χ0) is 8.07. The molecular weight excluding hydrogens is 144 g/mol. The fourth-order valence-electron chi connectivity index (χ4n) is 4.00. The van der Waals surface area contributed by atoms with Crippen molar-refractivity contribution in [2.24, 2.45) is 10.8 Å². The SMILES string of the molecule is C1=CCC23CCCCC2(C1)CC3. The van der Waals surface area contributed by atoms with E-state index < -0.39 is 0 Å². The molecule has 0 aromatic carbocycles. The zero-order valence-corrected chi connectivity index (χ0v) is 7.81. The largest absolute Gasteiger partial charge is 0.0879 e. The molecule has 2 saturated carbocycles. The van der Waals surface area contributed by atoms with Gasteiger partial charge in [-0.2, -0.15) is 0 Å². The average molecular weight is 162 g/mol. The van der Waals surface area contributed by atoms with Crippen LogP contribution in [0, 0.1) is 10.8 Å². The van der Waals surface area contributed by atoms with Gasteiger partial charge in [-0.1, -0.05) is 25.0 Å². The molecule has 0 aromatic heterocycles. The predicted octanol–water partition coefficient (Wildman–Crippen LogP) is 3.68. The smallest absolute Gasteiger partial charge is 0.0203 e. The minimum absolute atomic E-state index is 0.806. The van der Waals surface area contributed by atoms with Gasteiger partial charge in [-0.25, -0.2) is 0 Å². The van der Waals surface area contributed by atoms with Crippen LogP contribution in [0.2, 0.25) is 0 Å². The van der Waals surface area contributed by atoms with E-state index in [0.717, 1.165) is 10.8 Å². The van der Waals surface area contributed by atoms with Crippen LogP contribution < -0.4 is 0 Å². The van der Waals surface area contributed by atoms with Gasteiger partial charge in [0.2, 0.25) is 0 Å². The molecule has 2 atom stereocenters. The second kappa shape index (κ2) is 2.16. The third-order valence-electron chi connectivity index (χ3n) is 4.95. The van der Waals surface area contributed by atoms with Gasteiger partial charge in [0.15, 0.2) is 0 Å². The van der Waals surface area contributed by atoms with Gasteiger partial charge >= 0.3 is 0 Å². The van der Waals surface area contributed by atoms with Gasteiger partial charge in [-0.15, -0.1) is 0 Å². The topological polar surface area (TPSA) is 0 Å². The first-order chi connectivity index (χ1) is 5.87. The molecule has 3 rings (SSSR count). The lowest BCUT2D eigenvalue weighted by atomic mass is 9.41. The number of hydrogen-bond donors (Lipinski definition) is 0. The fourth-order valence-corrected chi connectivity index (χ4v) is 4.00. The molecular formula is C12H18. The molecule has 3 aliphatic rings. The van der Waals surface area contributed by atoms with Crippen LogP contribution in [-0.4, -0.2) is 0 Å². The van der Waals surface area contributed by atoms with E-state index in [1.54, 1.807) is 0 Å². The molecule has 0 nitrogen and oxygen atoms in total. The van der Waals surface area contributed by atoms with Crippen LogP contribution in [0.15, 0.2) is 12.2 Å². The molecule has 0 heteroatoms. The van der Waals surface area contributed by atoms with Crippen LogP contribution in [0.5, 0.6) is 0 Å². The lowest BCUT2D eigenvalue weighted by molar-refractivity contribution is -0.118. The molecule has 0 aliphatic heterocycles. The van der Waals surface area contributed by atoms with Crippen molar-refractivity contribution in [2.45, 2.75) is 51.4 Å². The molecule has 0 radical (unpaired) electrons. The predicted molar refractivity (Wildman–Crippen MR) is 50.9 cm³/mol. The molecule has 0 spiro atoms. The van der Waals surface area contributed by atoms with Crippen molar-refractivity contribution >= 4 is 0 Å². The summed E-state index contributed by atoms with van der Waals surface area (Å²) < 4.78 is 0. The van der Waals surface area contributed by atoms with Gasteiger partial charge in [-0.05, 0) is 49.4 Å². The molecule has 0 bridgehead atoms. The Hall–Kier alpha value is -0.260. The molecule has 0 N–H and O–H groups in total. The van der Waals surface area contributed by atoms with Crippen molar-refractivity contribution in [1.82, 2.24) is 0 Å². The van der Waals surface area contributed by atoms with Crippen molar-refractivity contribution in [2.75, 3.05) is 0 Å². The first-order valence-electron chi connectivity index (χ1n) is 5.52. The van der Waals surface area contributed by atoms with E-state index in [0.29, 0.717) is 0 Å². The normalized spacial score (nSPS) is 50.7. The van der Waals surface area contributed by atoms with E-state index in [4.69, 9.17) is 0 Å². The number of allylic oxidation sites excluding steroid dienone is 2. The van der Waals surface area contributed by atoms with Crippen LogP contribution in [0.1, 0.15) is 51.4 Å². The summed E-state index contributed by atoms with van der Waals surface area (Å²) in [7, 11) is 0. The molecule has 0 saturated heterocycles. The summed E-state index contributed by atoms with van der Waals surface area (Å²) >= 11 is 0. The van der Waals surface area contributed by atoms with E-state index in [9.17, 15) is 0 Å². The van der Waals surface area contributed by atoms with Crippen LogP contribution in [0.3, 0.4) is 0 Å². The van der Waals surface area contributed by atoms with Gasteiger partial charge < -0.3 is 0 Å². The van der Waals surface area contributed by atoms with Crippen LogP contribution in [0.4, 0.5) is 0 Å². The Labute approximate surface area is 75.0 Å². The molecule has 0 amide bonds. The van der Waals surface area contributed by atoms with Crippen LogP contribution in [-0.2, 0) is 0 Å². The minimum atomic E-state index is 0.806. The number of hydrogen-bond acceptors (Lipinski definition) is 0. The maximum atomic E-state index is 2.45. The average Bonchev–Trinajstić information content (AvgIpc) is 2.09. The Morgan fingerprint density at radius 1 is 0.667 bits per heavy atom. The van der Waals surface area contributed by atoms with E-state index in [-0.39, 0.29) is 0 Å². The maximum Gasteiger partial charge on any atom is -0.0203 e. The standard InChI is InChI=1S/C12H18/c1-2-6-12-8-4-3-7-11(12,5-1)9-10-12/h1-2H,3-10H2. The highest BCUT2D eigenvalue weighted by atomic mass is 14.6. The Balaban J connectivity index is 1.98. The highest BCUT2D eigenvalue weighted by Crippen LogP contribution is 2.69. The first-order valence-corrected chi connectivity index (χ1v) is 5.52. The van der Waals surface area contributed by atoms with Crippen molar-refractivity contribution in [3.05, 3.63) is 12.2 Å². The van der Waals surface area contributed by atoms with Gasteiger partial charge in [0, 0.05) is 0 Å². The second-order valence-corrected chi connectivity index (χ2v) is 5.15. The third-order valence-corrected chi connectivity index (χ3v) is 4.95. The van der Waals surface area contributed by atoms with Gasteiger partial charge in [0.1, 0.15) is 0 Å². The second-order valence-electron chi connectivity index (χ2n) is 5.15. The van der Waals surface area contributed by atoms with Gasteiger partial charge in [-0.3, -0.25) is 0 Å². The van der Waals surface area contributed by atoms with E-state index in [1.165, 1.54) is 51.4 Å². The van der Waals surface area contributed by atoms with E-state index in [1.807, 2.05) is 0 Å². The molecule has 2 unspecified atom stereocenters. The molecule has 12 heavy (non-hydrogen) atoms. The van der Waals surface area contributed by atoms with Gasteiger partial charge in [0.25, 0.3) is 0 Å². The highest BCUT2D eigenvalue weighted by Gasteiger charge is 2.58. The summed E-state index contributed by atoms with van der Waals surface area (Å²) in [6.07, 6.45) is 16.9. The summed E-state index contributed by atoms with van der Waals surface area (Å²) in [6, 6.07) is 0. The van der Waals surface area contributed by atoms with E-state index >= 15 is 0 Å². The monoisotopic (exact) mass is 162 g/mol. The van der Waals surface area contributed by atoms with Crippen molar-refractivity contribution in [3.63, 3.8) is 0 Å². The Bertz CT molecular complexity index is 204. The molecule has 2 fully saturated rings. The first kappa shape index (κ1) is 7.17. The molecule has 0 heterocycles. The van der Waals surface area contributed by atoms with Crippen molar-refractivity contribution < 1.29 is 0 Å². The van der Waals surface area contributed by atoms with Crippen LogP contribution in [0.25, 0.3) is 0 Å². The highest BCUT2D eigenvalue weighted by molar-refractivity contribution is 5.16. The number of rotatable bonds is 0. The van der Waals surface area contributed by atoms with Gasteiger partial charge in [0.05, 0.1) is 0 Å². The third kappa shape index (κ3) is 0.654. The lowest BCUT2D eigenvalue weighted by Gasteiger charge is -2.64. The van der Waals surface area contributed by atoms with Crippen LogP contribution >= 0.6 is 0 Å². The van der Waals surface area contributed by atoms with Crippen molar-refractivity contribution in [3.8, 4) is 0 Å².